The van der Waals surface area contributed by atoms with Gasteiger partial charge in [0.25, 0.3) is 0 Å². The number of alkyl carbamates (subject to hydrolysis) is 1. The molecular weight excluding hydrogens is 373 g/mol. The highest BCUT2D eigenvalue weighted by Gasteiger charge is 2.30. The predicted octanol–water partition coefficient (Wildman–Crippen LogP) is 3.38. The van der Waals surface area contributed by atoms with Crippen molar-refractivity contribution in [3.8, 4) is 0 Å². The largest absolute Gasteiger partial charge is 0.444 e. The van der Waals surface area contributed by atoms with Gasteiger partial charge in [0.05, 0.1) is 11.6 Å². The summed E-state index contributed by atoms with van der Waals surface area (Å²) in [6.45, 7) is 7.05. The summed E-state index contributed by atoms with van der Waals surface area (Å²) < 4.78 is 43.2. The first kappa shape index (κ1) is 21.8. The number of hydrogen-bond acceptors (Lipinski definition) is 3. The van der Waals surface area contributed by atoms with Gasteiger partial charge >= 0.3 is 12.3 Å². The molecule has 0 bridgehead atoms. The van der Waals surface area contributed by atoms with Crippen LogP contribution in [-0.2, 0) is 17.5 Å². The summed E-state index contributed by atoms with van der Waals surface area (Å²) in [5, 5.41) is 6.00. The molecule has 2 rings (SSSR count). The van der Waals surface area contributed by atoms with Gasteiger partial charge in [-0.3, -0.25) is 4.99 Å². The Morgan fingerprint density at radius 3 is 2.43 bits per heavy atom. The fourth-order valence-corrected chi connectivity index (χ4v) is 2.87. The number of hydrogen-bond donors (Lipinski definition) is 2. The molecule has 1 amide bonds. The smallest absolute Gasteiger partial charge is 0.416 e. The van der Waals surface area contributed by atoms with Crippen molar-refractivity contribution in [1.29, 1.82) is 0 Å². The van der Waals surface area contributed by atoms with E-state index in [-0.39, 0.29) is 6.04 Å². The first-order valence-corrected chi connectivity index (χ1v) is 9.09. The summed E-state index contributed by atoms with van der Waals surface area (Å²) in [6.07, 6.45) is -4.04. The maximum atomic E-state index is 12.6. The third-order valence-electron chi connectivity index (χ3n) is 4.15. The Morgan fingerprint density at radius 2 is 1.89 bits per heavy atom. The lowest BCUT2D eigenvalue weighted by atomic mass is 10.1. The Labute approximate surface area is 163 Å². The minimum absolute atomic E-state index is 0.0560. The minimum atomic E-state index is -4.34. The first-order chi connectivity index (χ1) is 13.0. The number of aliphatic imine (C=N–C) groups is 1. The van der Waals surface area contributed by atoms with E-state index < -0.39 is 23.4 Å². The predicted molar refractivity (Wildman–Crippen MR) is 101 cm³/mol. The zero-order valence-corrected chi connectivity index (χ0v) is 16.6. The standard InChI is InChI=1S/C19H27F3N4O2/c1-18(2,3)28-17(27)25-15-9-10-26(12-15)16(23-4)24-11-13-5-7-14(8-6-13)19(20,21)22/h5-8,15H,9-12H2,1-4H3,(H,23,24)(H,25,27). The first-order valence-electron chi connectivity index (χ1n) is 9.09. The van der Waals surface area contributed by atoms with Gasteiger partial charge < -0.3 is 20.3 Å². The van der Waals surface area contributed by atoms with Crippen LogP contribution < -0.4 is 10.6 Å². The van der Waals surface area contributed by atoms with Crippen LogP contribution in [0.3, 0.4) is 0 Å². The highest BCUT2D eigenvalue weighted by atomic mass is 19.4. The van der Waals surface area contributed by atoms with E-state index in [1.165, 1.54) is 12.1 Å². The summed E-state index contributed by atoms with van der Waals surface area (Å²) in [5.74, 6) is 0.633. The van der Waals surface area contributed by atoms with E-state index in [4.69, 9.17) is 4.74 Å². The maximum Gasteiger partial charge on any atom is 0.416 e. The van der Waals surface area contributed by atoms with Crippen molar-refractivity contribution in [2.24, 2.45) is 4.99 Å². The van der Waals surface area contributed by atoms with Crippen LogP contribution in [0.15, 0.2) is 29.3 Å². The van der Waals surface area contributed by atoms with Gasteiger partial charge in [0.2, 0.25) is 0 Å². The van der Waals surface area contributed by atoms with E-state index in [9.17, 15) is 18.0 Å². The van der Waals surface area contributed by atoms with Crippen LogP contribution in [0.2, 0.25) is 0 Å². The fraction of sp³-hybridized carbons (Fsp3) is 0.579. The molecule has 0 saturated carbocycles. The Hall–Kier alpha value is -2.45. The van der Waals surface area contributed by atoms with E-state index in [0.29, 0.717) is 25.6 Å². The second-order valence-electron chi connectivity index (χ2n) is 7.67. The number of guanidine groups is 1. The van der Waals surface area contributed by atoms with Gasteiger partial charge in [-0.1, -0.05) is 12.1 Å². The van der Waals surface area contributed by atoms with Crippen molar-refractivity contribution in [3.63, 3.8) is 0 Å². The van der Waals surface area contributed by atoms with Crippen molar-refractivity contribution in [3.05, 3.63) is 35.4 Å². The minimum Gasteiger partial charge on any atom is -0.444 e. The molecule has 1 heterocycles. The molecule has 0 spiro atoms. The average Bonchev–Trinajstić information content (AvgIpc) is 3.01. The Morgan fingerprint density at radius 1 is 1.25 bits per heavy atom. The SMILES string of the molecule is CN=C(NCc1ccc(C(F)(F)F)cc1)N1CCC(NC(=O)OC(C)(C)C)C1. The van der Waals surface area contributed by atoms with Crippen LogP contribution >= 0.6 is 0 Å². The van der Waals surface area contributed by atoms with Crippen LogP contribution in [0.25, 0.3) is 0 Å². The van der Waals surface area contributed by atoms with E-state index in [1.54, 1.807) is 27.8 Å². The normalized spacial score (nSPS) is 18.2. The monoisotopic (exact) mass is 400 g/mol. The second-order valence-corrected chi connectivity index (χ2v) is 7.67. The topological polar surface area (TPSA) is 66.0 Å². The highest BCUT2D eigenvalue weighted by molar-refractivity contribution is 5.80. The number of halogens is 3. The number of carbonyl (C=O) groups excluding carboxylic acids is 1. The number of carbonyl (C=O) groups is 1. The fourth-order valence-electron chi connectivity index (χ4n) is 2.87. The summed E-state index contributed by atoms with van der Waals surface area (Å²) in [6, 6.07) is 4.96. The molecule has 1 fully saturated rings. The summed E-state index contributed by atoms with van der Waals surface area (Å²) in [5.41, 5.74) is -0.505. The lowest BCUT2D eigenvalue weighted by Gasteiger charge is -2.23. The summed E-state index contributed by atoms with van der Waals surface area (Å²) >= 11 is 0. The molecular formula is C19H27F3N4O2. The average molecular weight is 400 g/mol. The zero-order chi connectivity index (χ0) is 20.9. The van der Waals surface area contributed by atoms with Gasteiger partial charge in [-0.25, -0.2) is 4.79 Å². The molecule has 9 heteroatoms. The van der Waals surface area contributed by atoms with Crippen LogP contribution in [0.4, 0.5) is 18.0 Å². The molecule has 1 aliphatic rings. The molecule has 1 atom stereocenters. The molecule has 1 aromatic carbocycles. The van der Waals surface area contributed by atoms with Gasteiger partial charge in [0, 0.05) is 26.7 Å². The van der Waals surface area contributed by atoms with E-state index in [0.717, 1.165) is 24.1 Å². The molecule has 1 unspecified atom stereocenters. The molecule has 1 aliphatic heterocycles. The highest BCUT2D eigenvalue weighted by Crippen LogP contribution is 2.29. The van der Waals surface area contributed by atoms with E-state index in [2.05, 4.69) is 15.6 Å². The number of rotatable bonds is 3. The summed E-state index contributed by atoms with van der Waals surface area (Å²) in [4.78, 5) is 18.1. The third kappa shape index (κ3) is 6.61. The van der Waals surface area contributed by atoms with Crippen molar-refractivity contribution < 1.29 is 22.7 Å². The number of alkyl halides is 3. The van der Waals surface area contributed by atoms with Crippen LogP contribution in [0, 0.1) is 0 Å². The van der Waals surface area contributed by atoms with Crippen molar-refractivity contribution in [2.45, 2.75) is 51.6 Å². The molecule has 2 N–H and O–H groups in total. The molecule has 156 valence electrons. The number of nitrogens with one attached hydrogen (secondary N) is 2. The Bertz CT molecular complexity index is 697. The number of benzene rings is 1. The maximum absolute atomic E-state index is 12.6. The number of ether oxygens (including phenoxy) is 1. The molecule has 1 aromatic rings. The quantitative estimate of drug-likeness (QED) is 0.603. The molecule has 28 heavy (non-hydrogen) atoms. The van der Waals surface area contributed by atoms with Gasteiger partial charge in [-0.15, -0.1) is 0 Å². The molecule has 1 saturated heterocycles. The Kier molecular flexibility index (Phi) is 6.79. The van der Waals surface area contributed by atoms with Crippen LogP contribution in [-0.4, -0.2) is 48.7 Å². The second kappa shape index (κ2) is 8.70. The zero-order valence-electron chi connectivity index (χ0n) is 16.6. The van der Waals surface area contributed by atoms with Crippen molar-refractivity contribution in [2.75, 3.05) is 20.1 Å². The summed E-state index contributed by atoms with van der Waals surface area (Å²) in [7, 11) is 1.64. The van der Waals surface area contributed by atoms with E-state index in [1.807, 2.05) is 4.90 Å². The van der Waals surface area contributed by atoms with Gasteiger partial charge in [-0.05, 0) is 44.9 Å². The van der Waals surface area contributed by atoms with Crippen molar-refractivity contribution in [1.82, 2.24) is 15.5 Å². The number of nitrogens with zero attached hydrogens (tertiary/aromatic N) is 2. The Balaban J connectivity index is 1.85. The van der Waals surface area contributed by atoms with Gasteiger partial charge in [0.1, 0.15) is 5.60 Å². The molecule has 0 aliphatic carbocycles. The van der Waals surface area contributed by atoms with Gasteiger partial charge in [0.15, 0.2) is 5.96 Å². The van der Waals surface area contributed by atoms with Crippen LogP contribution in [0.5, 0.6) is 0 Å². The molecule has 0 radical (unpaired) electrons. The number of likely N-dealkylation sites (tertiary alicyclic amines) is 1. The van der Waals surface area contributed by atoms with Crippen LogP contribution in [0.1, 0.15) is 38.3 Å². The molecule has 0 aromatic heterocycles. The van der Waals surface area contributed by atoms with Crippen molar-refractivity contribution >= 4 is 12.1 Å². The van der Waals surface area contributed by atoms with E-state index >= 15 is 0 Å². The lowest BCUT2D eigenvalue weighted by Crippen LogP contribution is -2.44. The lowest BCUT2D eigenvalue weighted by molar-refractivity contribution is -0.137. The van der Waals surface area contributed by atoms with Gasteiger partial charge in [-0.2, -0.15) is 13.2 Å². The number of amides is 1. The third-order valence-corrected chi connectivity index (χ3v) is 4.15. The molecule has 6 nitrogen and oxygen atoms in total.